The fourth-order valence-electron chi connectivity index (χ4n) is 1.77. The van der Waals surface area contributed by atoms with Crippen LogP contribution in [-0.2, 0) is 5.41 Å². The van der Waals surface area contributed by atoms with Crippen molar-refractivity contribution in [2.45, 2.75) is 33.1 Å². The Morgan fingerprint density at radius 3 is 2.30 bits per heavy atom. The fourth-order valence-corrected chi connectivity index (χ4v) is 2.19. The Morgan fingerprint density at radius 2 is 1.75 bits per heavy atom. The van der Waals surface area contributed by atoms with E-state index in [9.17, 15) is 4.39 Å². The molecule has 0 spiro atoms. The summed E-state index contributed by atoms with van der Waals surface area (Å²) in [5, 5.41) is 0.697. The van der Waals surface area contributed by atoms with Crippen LogP contribution in [0.5, 0.6) is 0 Å². The zero-order chi connectivity index (χ0) is 15.1. The van der Waals surface area contributed by atoms with Crippen LogP contribution in [0.15, 0.2) is 18.2 Å². The van der Waals surface area contributed by atoms with Crippen molar-refractivity contribution < 1.29 is 4.39 Å². The van der Waals surface area contributed by atoms with Crippen molar-refractivity contribution in [1.29, 1.82) is 0 Å². The molecule has 2 rings (SSSR count). The smallest absolute Gasteiger partial charge is 0.136 e. The molecule has 0 aliphatic rings. The Morgan fingerprint density at radius 1 is 1.10 bits per heavy atom. The fraction of sp³-hybridized carbons (Fsp3) is 0.333. The maximum atomic E-state index is 13.2. The van der Waals surface area contributed by atoms with Gasteiger partial charge in [0.05, 0.1) is 10.7 Å². The Hall–Kier alpha value is -1.19. The molecule has 0 aliphatic heterocycles. The summed E-state index contributed by atoms with van der Waals surface area (Å²) in [4.78, 5) is 8.88. The molecule has 0 fully saturated rings. The van der Waals surface area contributed by atoms with E-state index in [1.54, 1.807) is 6.07 Å². The van der Waals surface area contributed by atoms with Gasteiger partial charge < -0.3 is 0 Å². The van der Waals surface area contributed by atoms with Crippen molar-refractivity contribution in [1.82, 2.24) is 9.97 Å². The SMILES string of the molecule is Cc1c(Cl)nc(C(C)(C)C)nc1-c1ccc(F)cc1Cl. The largest absolute Gasteiger partial charge is 0.232 e. The third-order valence-electron chi connectivity index (χ3n) is 2.94. The van der Waals surface area contributed by atoms with Crippen LogP contribution in [0.4, 0.5) is 4.39 Å². The first-order chi connectivity index (χ1) is 9.20. The average Bonchev–Trinajstić information content (AvgIpc) is 2.32. The monoisotopic (exact) mass is 312 g/mol. The summed E-state index contributed by atoms with van der Waals surface area (Å²) in [5.41, 5.74) is 1.78. The molecule has 0 saturated heterocycles. The maximum Gasteiger partial charge on any atom is 0.136 e. The maximum absolute atomic E-state index is 13.2. The lowest BCUT2D eigenvalue weighted by Crippen LogP contribution is -2.17. The van der Waals surface area contributed by atoms with Gasteiger partial charge in [-0.3, -0.25) is 0 Å². The molecule has 5 heteroatoms. The van der Waals surface area contributed by atoms with Gasteiger partial charge in [0, 0.05) is 16.5 Å². The Balaban J connectivity index is 2.70. The topological polar surface area (TPSA) is 25.8 Å². The second-order valence-electron chi connectivity index (χ2n) is 5.69. The van der Waals surface area contributed by atoms with E-state index in [1.165, 1.54) is 12.1 Å². The summed E-state index contributed by atoms with van der Waals surface area (Å²) in [7, 11) is 0. The minimum atomic E-state index is -0.382. The highest BCUT2D eigenvalue weighted by Gasteiger charge is 2.22. The van der Waals surface area contributed by atoms with E-state index in [-0.39, 0.29) is 11.2 Å². The molecular weight excluding hydrogens is 298 g/mol. The third-order valence-corrected chi connectivity index (χ3v) is 3.62. The summed E-state index contributed by atoms with van der Waals surface area (Å²) >= 11 is 12.3. The second-order valence-corrected chi connectivity index (χ2v) is 6.45. The lowest BCUT2D eigenvalue weighted by atomic mass is 9.95. The number of aromatic nitrogens is 2. The van der Waals surface area contributed by atoms with Gasteiger partial charge >= 0.3 is 0 Å². The summed E-state index contributed by atoms with van der Waals surface area (Å²) < 4.78 is 13.2. The molecule has 0 radical (unpaired) electrons. The van der Waals surface area contributed by atoms with Crippen molar-refractivity contribution in [3.63, 3.8) is 0 Å². The van der Waals surface area contributed by atoms with Gasteiger partial charge in [0.2, 0.25) is 0 Å². The molecule has 1 aromatic heterocycles. The molecule has 1 aromatic carbocycles. The normalized spacial score (nSPS) is 11.8. The Labute approximate surface area is 128 Å². The zero-order valence-corrected chi connectivity index (χ0v) is 13.3. The van der Waals surface area contributed by atoms with Crippen LogP contribution in [-0.4, -0.2) is 9.97 Å². The lowest BCUT2D eigenvalue weighted by Gasteiger charge is -2.19. The van der Waals surface area contributed by atoms with Crippen molar-refractivity contribution >= 4 is 23.2 Å². The number of halogens is 3. The Bertz CT molecular complexity index is 664. The quantitative estimate of drug-likeness (QED) is 0.677. The molecule has 20 heavy (non-hydrogen) atoms. The first-order valence-electron chi connectivity index (χ1n) is 6.20. The van der Waals surface area contributed by atoms with E-state index in [4.69, 9.17) is 23.2 Å². The molecule has 106 valence electrons. The summed E-state index contributed by atoms with van der Waals surface area (Å²) in [6.45, 7) is 7.84. The van der Waals surface area contributed by atoms with Crippen molar-refractivity contribution in [2.75, 3.05) is 0 Å². The molecule has 0 amide bonds. The van der Waals surface area contributed by atoms with Crippen molar-refractivity contribution in [3.05, 3.63) is 45.6 Å². The number of nitrogens with zero attached hydrogens (tertiary/aromatic N) is 2. The van der Waals surface area contributed by atoms with E-state index in [2.05, 4.69) is 9.97 Å². The van der Waals surface area contributed by atoms with Crippen LogP contribution in [0, 0.1) is 12.7 Å². The van der Waals surface area contributed by atoms with E-state index in [1.807, 2.05) is 27.7 Å². The highest BCUT2D eigenvalue weighted by atomic mass is 35.5. The predicted molar refractivity (Wildman–Crippen MR) is 80.9 cm³/mol. The molecule has 0 atom stereocenters. The Kier molecular flexibility index (Phi) is 4.03. The average molecular weight is 313 g/mol. The molecule has 2 aromatic rings. The van der Waals surface area contributed by atoms with Crippen molar-refractivity contribution in [3.8, 4) is 11.3 Å². The van der Waals surface area contributed by atoms with Gasteiger partial charge in [-0.2, -0.15) is 0 Å². The van der Waals surface area contributed by atoms with Gasteiger partial charge in [0.15, 0.2) is 0 Å². The number of hydrogen-bond donors (Lipinski definition) is 0. The molecule has 0 N–H and O–H groups in total. The minimum Gasteiger partial charge on any atom is -0.232 e. The molecule has 0 saturated carbocycles. The molecular formula is C15H15Cl2FN2. The standard InChI is InChI=1S/C15H15Cl2FN2/c1-8-12(10-6-5-9(18)7-11(10)16)19-14(15(2,3)4)20-13(8)17/h5-7H,1-4H3. The van der Waals surface area contributed by atoms with Gasteiger partial charge in [0.25, 0.3) is 0 Å². The lowest BCUT2D eigenvalue weighted by molar-refractivity contribution is 0.545. The van der Waals surface area contributed by atoms with Gasteiger partial charge in [-0.25, -0.2) is 14.4 Å². The predicted octanol–water partition coefficient (Wildman–Crippen LogP) is 5.20. The molecule has 1 heterocycles. The van der Waals surface area contributed by atoms with E-state index in [0.29, 0.717) is 27.3 Å². The van der Waals surface area contributed by atoms with E-state index in [0.717, 1.165) is 5.56 Å². The summed E-state index contributed by atoms with van der Waals surface area (Å²) in [6.07, 6.45) is 0. The van der Waals surface area contributed by atoms with Crippen LogP contribution in [0.2, 0.25) is 10.2 Å². The first kappa shape index (κ1) is 15.2. The summed E-state index contributed by atoms with van der Waals surface area (Å²) in [5.74, 6) is 0.246. The highest BCUT2D eigenvalue weighted by Crippen LogP contribution is 2.33. The van der Waals surface area contributed by atoms with Crippen LogP contribution in [0.25, 0.3) is 11.3 Å². The molecule has 0 aliphatic carbocycles. The van der Waals surface area contributed by atoms with Crippen LogP contribution < -0.4 is 0 Å². The number of rotatable bonds is 1. The van der Waals surface area contributed by atoms with Crippen LogP contribution >= 0.6 is 23.2 Å². The van der Waals surface area contributed by atoms with Crippen LogP contribution in [0.3, 0.4) is 0 Å². The first-order valence-corrected chi connectivity index (χ1v) is 6.96. The summed E-state index contributed by atoms with van der Waals surface area (Å²) in [6, 6.07) is 4.23. The molecule has 0 unspecified atom stereocenters. The van der Waals surface area contributed by atoms with Gasteiger partial charge in [-0.15, -0.1) is 0 Å². The molecule has 2 nitrogen and oxygen atoms in total. The van der Waals surface area contributed by atoms with Gasteiger partial charge in [-0.05, 0) is 25.1 Å². The van der Waals surface area contributed by atoms with E-state index >= 15 is 0 Å². The zero-order valence-electron chi connectivity index (χ0n) is 11.8. The van der Waals surface area contributed by atoms with Crippen LogP contribution in [0.1, 0.15) is 32.2 Å². The van der Waals surface area contributed by atoms with Gasteiger partial charge in [0.1, 0.15) is 16.8 Å². The number of hydrogen-bond acceptors (Lipinski definition) is 2. The second kappa shape index (κ2) is 5.30. The highest BCUT2D eigenvalue weighted by molar-refractivity contribution is 6.33. The minimum absolute atomic E-state index is 0.238. The molecule has 0 bridgehead atoms. The number of benzene rings is 1. The van der Waals surface area contributed by atoms with Gasteiger partial charge in [-0.1, -0.05) is 44.0 Å². The van der Waals surface area contributed by atoms with Crippen molar-refractivity contribution in [2.24, 2.45) is 0 Å². The third kappa shape index (κ3) is 2.94. The van der Waals surface area contributed by atoms with E-state index < -0.39 is 0 Å².